The Morgan fingerprint density at radius 2 is 1.50 bits per heavy atom. The lowest BCUT2D eigenvalue weighted by Crippen LogP contribution is -2.47. The van der Waals surface area contributed by atoms with Crippen LogP contribution in [0.5, 0.6) is 0 Å². The van der Waals surface area contributed by atoms with E-state index in [1.165, 1.54) is 0 Å². The predicted octanol–water partition coefficient (Wildman–Crippen LogP) is 4.41. The van der Waals surface area contributed by atoms with Crippen molar-refractivity contribution in [2.24, 2.45) is 17.8 Å². The molecule has 1 aliphatic rings. The molecule has 0 amide bonds. The van der Waals surface area contributed by atoms with Gasteiger partial charge < -0.3 is 15.3 Å². The van der Waals surface area contributed by atoms with E-state index in [0.29, 0.717) is 25.2 Å². The number of hydrogen-bond donors (Lipinski definition) is 3. The zero-order valence-electron chi connectivity index (χ0n) is 16.9. The molecule has 1 rings (SSSR count). The third kappa shape index (κ3) is 4.97. The lowest BCUT2D eigenvalue weighted by molar-refractivity contribution is -0.136. The highest BCUT2D eigenvalue weighted by Gasteiger charge is 2.49. The van der Waals surface area contributed by atoms with Gasteiger partial charge in [-0.15, -0.1) is 0 Å². The highest BCUT2D eigenvalue weighted by molar-refractivity contribution is 6.25. The van der Waals surface area contributed by atoms with Gasteiger partial charge in [0.1, 0.15) is 17.1 Å². The fraction of sp³-hybridized carbons (Fsp3) is 0.714. The Labute approximate surface area is 156 Å². The molecule has 0 saturated carbocycles. The maximum Gasteiger partial charge on any atom is 0.209 e. The average Bonchev–Trinajstić information content (AvgIpc) is 2.50. The van der Waals surface area contributed by atoms with E-state index < -0.39 is 28.7 Å². The minimum atomic E-state index is -2.13. The first-order valence-electron chi connectivity index (χ1n) is 9.58. The topological polar surface area (TPSA) is 94.8 Å². The van der Waals surface area contributed by atoms with Crippen LogP contribution >= 0.6 is 0 Å². The summed E-state index contributed by atoms with van der Waals surface area (Å²) in [5, 5.41) is 32.2. The molecule has 1 aliphatic carbocycles. The molecule has 3 N–H and O–H groups in total. The summed E-state index contributed by atoms with van der Waals surface area (Å²) in [5.74, 6) is -1.80. The van der Waals surface area contributed by atoms with Crippen LogP contribution in [0.15, 0.2) is 22.7 Å². The number of allylic oxidation sites excluding steroid dienone is 1. The van der Waals surface area contributed by atoms with E-state index in [-0.39, 0.29) is 35.8 Å². The second kappa shape index (κ2) is 8.85. The average molecular weight is 366 g/mol. The van der Waals surface area contributed by atoms with E-state index in [9.17, 15) is 24.9 Å². The number of ketones is 2. The van der Waals surface area contributed by atoms with Crippen molar-refractivity contribution in [3.8, 4) is 0 Å². The van der Waals surface area contributed by atoms with Gasteiger partial charge in [-0.05, 0) is 43.4 Å². The molecular weight excluding hydrogens is 332 g/mol. The van der Waals surface area contributed by atoms with Gasteiger partial charge in [-0.3, -0.25) is 9.59 Å². The van der Waals surface area contributed by atoms with Crippen LogP contribution in [0.1, 0.15) is 73.6 Å². The third-order valence-electron chi connectivity index (χ3n) is 4.73. The van der Waals surface area contributed by atoms with Crippen LogP contribution in [0, 0.1) is 17.8 Å². The summed E-state index contributed by atoms with van der Waals surface area (Å²) in [6.45, 7) is 11.6. The molecule has 0 fully saturated rings. The number of hydrogen-bond acceptors (Lipinski definition) is 5. The van der Waals surface area contributed by atoms with Gasteiger partial charge in [0.2, 0.25) is 5.78 Å². The van der Waals surface area contributed by atoms with E-state index in [1.807, 2.05) is 41.5 Å². The third-order valence-corrected chi connectivity index (χ3v) is 4.73. The standard InChI is InChI=1S/C21H34O5/c1-12(2)7-8-15-18(23)17(16(22)11-14(5)6)20(25)21(26,19(15)24)10-9-13(3)4/h12-14,23-24,26H,7-11H2,1-6H3/t21-/m1/s1. The predicted molar refractivity (Wildman–Crippen MR) is 102 cm³/mol. The van der Waals surface area contributed by atoms with Crippen LogP contribution in [0.25, 0.3) is 0 Å². The van der Waals surface area contributed by atoms with E-state index in [0.717, 1.165) is 0 Å². The molecule has 0 spiro atoms. The molecule has 0 aliphatic heterocycles. The second-order valence-electron chi connectivity index (χ2n) is 8.63. The molecule has 5 nitrogen and oxygen atoms in total. The number of aliphatic hydroxyl groups excluding tert-OH is 2. The lowest BCUT2D eigenvalue weighted by Gasteiger charge is -2.33. The van der Waals surface area contributed by atoms with Crippen molar-refractivity contribution in [3.63, 3.8) is 0 Å². The van der Waals surface area contributed by atoms with Gasteiger partial charge in [0, 0.05) is 12.0 Å². The minimum Gasteiger partial charge on any atom is -0.508 e. The van der Waals surface area contributed by atoms with Crippen LogP contribution in [0.3, 0.4) is 0 Å². The fourth-order valence-electron chi connectivity index (χ4n) is 3.07. The van der Waals surface area contributed by atoms with Crippen LogP contribution in [0.4, 0.5) is 0 Å². The summed E-state index contributed by atoms with van der Waals surface area (Å²) in [5.41, 5.74) is -2.37. The molecular formula is C21H34O5. The van der Waals surface area contributed by atoms with Crippen molar-refractivity contribution in [2.45, 2.75) is 79.2 Å². The quantitative estimate of drug-likeness (QED) is 0.525. The maximum atomic E-state index is 12.9. The van der Waals surface area contributed by atoms with Gasteiger partial charge in [0.25, 0.3) is 0 Å². The van der Waals surface area contributed by atoms with Crippen molar-refractivity contribution < 1.29 is 24.9 Å². The van der Waals surface area contributed by atoms with Crippen LogP contribution < -0.4 is 0 Å². The molecule has 0 saturated heterocycles. The molecule has 0 aromatic heterocycles. The van der Waals surface area contributed by atoms with Gasteiger partial charge >= 0.3 is 0 Å². The number of Topliss-reactive ketones (excluding diaryl/α,β-unsaturated/α-hetero) is 2. The van der Waals surface area contributed by atoms with Gasteiger partial charge in [-0.2, -0.15) is 0 Å². The molecule has 0 aromatic carbocycles. The first-order chi connectivity index (χ1) is 11.9. The summed E-state index contributed by atoms with van der Waals surface area (Å²) in [6.07, 6.45) is 1.58. The van der Waals surface area contributed by atoms with E-state index >= 15 is 0 Å². The Morgan fingerprint density at radius 1 is 0.962 bits per heavy atom. The SMILES string of the molecule is CC(C)CCC1=C(O)[C@](O)(CCC(C)C)C(=O)C(C(=O)CC(C)C)=C1O. The first-order valence-corrected chi connectivity index (χ1v) is 9.58. The van der Waals surface area contributed by atoms with Crippen molar-refractivity contribution >= 4 is 11.6 Å². The zero-order valence-corrected chi connectivity index (χ0v) is 16.9. The van der Waals surface area contributed by atoms with Crippen molar-refractivity contribution in [1.82, 2.24) is 0 Å². The van der Waals surface area contributed by atoms with E-state index in [2.05, 4.69) is 0 Å². The van der Waals surface area contributed by atoms with Gasteiger partial charge in [-0.1, -0.05) is 41.5 Å². The van der Waals surface area contributed by atoms with Crippen molar-refractivity contribution in [3.05, 3.63) is 22.7 Å². The minimum absolute atomic E-state index is 0.0120. The highest BCUT2D eigenvalue weighted by Crippen LogP contribution is 2.39. The molecule has 0 radical (unpaired) electrons. The summed E-state index contributed by atoms with van der Waals surface area (Å²) in [6, 6.07) is 0. The molecule has 26 heavy (non-hydrogen) atoms. The molecule has 5 heteroatoms. The molecule has 0 bridgehead atoms. The molecule has 1 atom stereocenters. The summed E-state index contributed by atoms with van der Waals surface area (Å²) in [7, 11) is 0. The van der Waals surface area contributed by atoms with Crippen LogP contribution in [-0.4, -0.2) is 32.5 Å². The summed E-state index contributed by atoms with van der Waals surface area (Å²) < 4.78 is 0. The number of carbonyl (C=O) groups is 2. The van der Waals surface area contributed by atoms with Gasteiger partial charge in [0.05, 0.1) is 0 Å². The summed E-state index contributed by atoms with van der Waals surface area (Å²) >= 11 is 0. The number of rotatable bonds is 9. The Morgan fingerprint density at radius 3 is 1.96 bits per heavy atom. The monoisotopic (exact) mass is 366 g/mol. The Balaban J connectivity index is 3.42. The largest absolute Gasteiger partial charge is 0.508 e. The number of aliphatic hydroxyl groups is 3. The van der Waals surface area contributed by atoms with E-state index in [4.69, 9.17) is 0 Å². The molecule has 0 aromatic rings. The van der Waals surface area contributed by atoms with Crippen molar-refractivity contribution in [2.75, 3.05) is 0 Å². The normalized spacial score (nSPS) is 21.5. The Bertz CT molecular complexity index is 610. The lowest BCUT2D eigenvalue weighted by atomic mass is 9.75. The fourth-order valence-corrected chi connectivity index (χ4v) is 3.07. The molecule has 0 unspecified atom stereocenters. The first kappa shape index (κ1) is 22.4. The Kier molecular flexibility index (Phi) is 7.63. The molecule has 148 valence electrons. The van der Waals surface area contributed by atoms with Gasteiger partial charge in [0.15, 0.2) is 11.4 Å². The number of carbonyl (C=O) groups excluding carboxylic acids is 2. The highest BCUT2D eigenvalue weighted by atomic mass is 16.3. The summed E-state index contributed by atoms with van der Waals surface area (Å²) in [4.78, 5) is 25.5. The Hall–Kier alpha value is -1.62. The van der Waals surface area contributed by atoms with Crippen molar-refractivity contribution in [1.29, 1.82) is 0 Å². The molecule has 0 heterocycles. The maximum absolute atomic E-state index is 12.9. The van der Waals surface area contributed by atoms with E-state index in [1.54, 1.807) is 0 Å². The van der Waals surface area contributed by atoms with Gasteiger partial charge in [-0.25, -0.2) is 0 Å². The smallest absolute Gasteiger partial charge is 0.209 e. The zero-order chi connectivity index (χ0) is 20.2. The van der Waals surface area contributed by atoms with Crippen LogP contribution in [0.2, 0.25) is 0 Å². The van der Waals surface area contributed by atoms with Crippen LogP contribution in [-0.2, 0) is 9.59 Å². The second-order valence-corrected chi connectivity index (χ2v) is 8.63.